The molecule has 0 rings (SSSR count). The van der Waals surface area contributed by atoms with Crippen molar-refractivity contribution in [1.29, 1.82) is 0 Å². The Balaban J connectivity index is 4.31. The highest BCUT2D eigenvalue weighted by atomic mass is 16.4. The zero-order valence-electron chi connectivity index (χ0n) is 7.54. The van der Waals surface area contributed by atoms with Crippen LogP contribution in [0.3, 0.4) is 0 Å². The predicted molar refractivity (Wildman–Crippen MR) is 44.3 cm³/mol. The quantitative estimate of drug-likeness (QED) is 0.333. The molecule has 1 amide bonds. The molecule has 0 radical (unpaired) electrons. The van der Waals surface area contributed by atoms with Gasteiger partial charge in [-0.05, 0) is 6.92 Å². The molecule has 0 bridgehead atoms. The fraction of sp³-hybridized carbons (Fsp3) is 0.714. The number of aliphatic carboxylic acids is 1. The SMILES string of the molecule is CC(O)C(NC(=O)C(O)CO)C(=O)O. The third-order valence-corrected chi connectivity index (χ3v) is 1.52. The van der Waals surface area contributed by atoms with Crippen LogP contribution in [0.15, 0.2) is 0 Å². The van der Waals surface area contributed by atoms with Gasteiger partial charge in [-0.25, -0.2) is 4.79 Å². The zero-order valence-corrected chi connectivity index (χ0v) is 7.54. The number of aliphatic hydroxyl groups excluding tert-OH is 3. The van der Waals surface area contributed by atoms with Crippen molar-refractivity contribution in [2.45, 2.75) is 25.2 Å². The second kappa shape index (κ2) is 5.53. The van der Waals surface area contributed by atoms with Gasteiger partial charge in [0.15, 0.2) is 12.1 Å². The van der Waals surface area contributed by atoms with Gasteiger partial charge in [-0.3, -0.25) is 4.79 Å². The summed E-state index contributed by atoms with van der Waals surface area (Å²) >= 11 is 0. The first kappa shape index (κ1) is 12.8. The third-order valence-electron chi connectivity index (χ3n) is 1.52. The van der Waals surface area contributed by atoms with Crippen molar-refractivity contribution in [2.24, 2.45) is 0 Å². The van der Waals surface area contributed by atoms with Crippen molar-refractivity contribution >= 4 is 11.9 Å². The highest BCUT2D eigenvalue weighted by Gasteiger charge is 2.27. The number of hydrogen-bond acceptors (Lipinski definition) is 5. The second-order valence-corrected chi connectivity index (χ2v) is 2.76. The zero-order chi connectivity index (χ0) is 11.3. The van der Waals surface area contributed by atoms with E-state index >= 15 is 0 Å². The number of hydrogen-bond donors (Lipinski definition) is 5. The Hall–Kier alpha value is -1.18. The van der Waals surface area contributed by atoms with Crippen LogP contribution in [0.5, 0.6) is 0 Å². The van der Waals surface area contributed by atoms with Crippen LogP contribution in [-0.2, 0) is 9.59 Å². The Morgan fingerprint density at radius 3 is 2.14 bits per heavy atom. The van der Waals surface area contributed by atoms with E-state index in [2.05, 4.69) is 0 Å². The molecule has 0 aliphatic heterocycles. The smallest absolute Gasteiger partial charge is 0.328 e. The number of rotatable bonds is 5. The van der Waals surface area contributed by atoms with Crippen molar-refractivity contribution < 1.29 is 30.0 Å². The molecule has 0 saturated carbocycles. The lowest BCUT2D eigenvalue weighted by Crippen LogP contribution is -2.51. The lowest BCUT2D eigenvalue weighted by Gasteiger charge is -2.18. The topological polar surface area (TPSA) is 127 Å². The van der Waals surface area contributed by atoms with Crippen LogP contribution in [0.1, 0.15) is 6.92 Å². The molecule has 0 aliphatic carbocycles. The lowest BCUT2D eigenvalue weighted by atomic mass is 10.2. The first-order chi connectivity index (χ1) is 6.40. The molecular weight excluding hydrogens is 194 g/mol. The van der Waals surface area contributed by atoms with E-state index in [4.69, 9.17) is 20.4 Å². The Morgan fingerprint density at radius 2 is 1.86 bits per heavy atom. The normalized spacial score (nSPS) is 16.9. The van der Waals surface area contributed by atoms with Crippen molar-refractivity contribution in [2.75, 3.05) is 6.61 Å². The number of carbonyl (C=O) groups is 2. The molecule has 0 aromatic rings. The summed E-state index contributed by atoms with van der Waals surface area (Å²) in [6, 6.07) is -1.50. The molecule has 0 aliphatic rings. The van der Waals surface area contributed by atoms with Gasteiger partial charge in [0.1, 0.15) is 0 Å². The molecule has 5 N–H and O–H groups in total. The summed E-state index contributed by atoms with van der Waals surface area (Å²) in [6.07, 6.45) is -2.97. The van der Waals surface area contributed by atoms with E-state index in [1.165, 1.54) is 6.92 Å². The maximum Gasteiger partial charge on any atom is 0.328 e. The predicted octanol–water partition coefficient (Wildman–Crippen LogP) is -2.71. The number of aliphatic hydroxyl groups is 3. The maximum absolute atomic E-state index is 10.9. The van der Waals surface area contributed by atoms with E-state index in [-0.39, 0.29) is 0 Å². The first-order valence-corrected chi connectivity index (χ1v) is 3.90. The fourth-order valence-corrected chi connectivity index (χ4v) is 0.721. The van der Waals surface area contributed by atoms with Crippen molar-refractivity contribution in [3.63, 3.8) is 0 Å². The Labute approximate surface area is 80.0 Å². The molecule has 3 atom stereocenters. The molecule has 0 saturated heterocycles. The van der Waals surface area contributed by atoms with E-state index in [0.29, 0.717) is 0 Å². The fourth-order valence-electron chi connectivity index (χ4n) is 0.721. The molecular formula is C7H13NO6. The maximum atomic E-state index is 10.9. The summed E-state index contributed by atoms with van der Waals surface area (Å²) in [6.45, 7) is 0.377. The number of amides is 1. The van der Waals surface area contributed by atoms with Gasteiger partial charge in [-0.1, -0.05) is 0 Å². The van der Waals surface area contributed by atoms with E-state index in [0.717, 1.165) is 0 Å². The molecule has 0 aromatic carbocycles. The van der Waals surface area contributed by atoms with Crippen LogP contribution in [0, 0.1) is 0 Å². The van der Waals surface area contributed by atoms with Crippen molar-refractivity contribution in [3.05, 3.63) is 0 Å². The Morgan fingerprint density at radius 1 is 1.36 bits per heavy atom. The average Bonchev–Trinajstić information content (AvgIpc) is 2.11. The van der Waals surface area contributed by atoms with Gasteiger partial charge in [0.2, 0.25) is 0 Å². The van der Waals surface area contributed by atoms with Crippen LogP contribution in [-0.4, -0.2) is 57.2 Å². The van der Waals surface area contributed by atoms with Crippen LogP contribution >= 0.6 is 0 Å². The van der Waals surface area contributed by atoms with Crippen molar-refractivity contribution in [1.82, 2.24) is 5.32 Å². The molecule has 82 valence electrons. The summed E-state index contributed by atoms with van der Waals surface area (Å²) in [5.41, 5.74) is 0. The lowest BCUT2D eigenvalue weighted by molar-refractivity contribution is -0.146. The summed E-state index contributed by atoms with van der Waals surface area (Å²) in [5, 5.41) is 36.5. The van der Waals surface area contributed by atoms with Gasteiger partial charge in [0.05, 0.1) is 12.7 Å². The second-order valence-electron chi connectivity index (χ2n) is 2.76. The van der Waals surface area contributed by atoms with Crippen molar-refractivity contribution in [3.8, 4) is 0 Å². The van der Waals surface area contributed by atoms with Gasteiger partial charge in [0.25, 0.3) is 5.91 Å². The van der Waals surface area contributed by atoms with Gasteiger partial charge in [0, 0.05) is 0 Å². The minimum absolute atomic E-state index is 0.808. The number of carboxylic acid groups (broad SMARTS) is 1. The van der Waals surface area contributed by atoms with Gasteiger partial charge < -0.3 is 25.7 Å². The highest BCUT2D eigenvalue weighted by molar-refractivity contribution is 5.86. The van der Waals surface area contributed by atoms with Crippen LogP contribution in [0.4, 0.5) is 0 Å². The summed E-state index contributed by atoms with van der Waals surface area (Å²) in [5.74, 6) is -2.46. The highest BCUT2D eigenvalue weighted by Crippen LogP contribution is 1.94. The molecule has 14 heavy (non-hydrogen) atoms. The van der Waals surface area contributed by atoms with Gasteiger partial charge in [-0.15, -0.1) is 0 Å². The molecule has 0 fully saturated rings. The number of carbonyl (C=O) groups excluding carboxylic acids is 1. The minimum Gasteiger partial charge on any atom is -0.480 e. The first-order valence-electron chi connectivity index (χ1n) is 3.90. The number of nitrogens with one attached hydrogen (secondary N) is 1. The Kier molecular flexibility index (Phi) is 5.06. The summed E-state index contributed by atoms with van der Waals surface area (Å²) in [4.78, 5) is 21.4. The van der Waals surface area contributed by atoms with E-state index in [1.807, 2.05) is 5.32 Å². The molecule has 3 unspecified atom stereocenters. The molecule has 7 nitrogen and oxygen atoms in total. The summed E-state index contributed by atoms with van der Waals surface area (Å²) in [7, 11) is 0. The standard InChI is InChI=1S/C7H13NO6/c1-3(10)5(7(13)14)8-6(12)4(11)2-9/h3-5,9-11H,2H2,1H3,(H,8,12)(H,13,14). The molecule has 0 aromatic heterocycles. The van der Waals surface area contributed by atoms with Gasteiger partial charge >= 0.3 is 5.97 Å². The average molecular weight is 207 g/mol. The molecule has 0 spiro atoms. The van der Waals surface area contributed by atoms with Crippen LogP contribution < -0.4 is 5.32 Å². The minimum atomic E-state index is -1.68. The van der Waals surface area contributed by atoms with E-state index in [1.54, 1.807) is 0 Å². The van der Waals surface area contributed by atoms with Crippen LogP contribution in [0.25, 0.3) is 0 Å². The third kappa shape index (κ3) is 3.69. The number of carboxylic acids is 1. The van der Waals surface area contributed by atoms with Crippen LogP contribution in [0.2, 0.25) is 0 Å². The summed E-state index contributed by atoms with van der Waals surface area (Å²) < 4.78 is 0. The largest absolute Gasteiger partial charge is 0.480 e. The molecule has 7 heteroatoms. The van der Waals surface area contributed by atoms with Gasteiger partial charge in [-0.2, -0.15) is 0 Å². The van der Waals surface area contributed by atoms with E-state index < -0.39 is 36.7 Å². The molecule has 0 heterocycles. The van der Waals surface area contributed by atoms with E-state index in [9.17, 15) is 9.59 Å². The monoisotopic (exact) mass is 207 g/mol. The Bertz CT molecular complexity index is 216.